The van der Waals surface area contributed by atoms with Gasteiger partial charge in [-0.05, 0) is 26.3 Å². The molecule has 14 heavy (non-hydrogen) atoms. The summed E-state index contributed by atoms with van der Waals surface area (Å²) < 4.78 is 0. The summed E-state index contributed by atoms with van der Waals surface area (Å²) in [5, 5.41) is 8.73. The van der Waals surface area contributed by atoms with E-state index in [1.165, 1.54) is 6.34 Å². The molecule has 0 aromatic carbocycles. The van der Waals surface area contributed by atoms with Gasteiger partial charge in [-0.1, -0.05) is 0 Å². The fourth-order valence-corrected chi connectivity index (χ4v) is 0.814. The second-order valence-corrected chi connectivity index (χ2v) is 2.61. The number of rotatable bonds is 8. The molecule has 0 rings (SSSR count). The number of nitrogens with zero attached hydrogens (tertiary/aromatic N) is 1. The first kappa shape index (κ1) is 12.9. The molecule has 0 spiro atoms. The van der Waals surface area contributed by atoms with E-state index in [0.29, 0.717) is 26.0 Å². The van der Waals surface area contributed by atoms with E-state index in [-0.39, 0.29) is 0 Å². The SMILES string of the molecule is CCONC=N[C@@H](CCCN)C(=O)O. The molecule has 0 aliphatic carbocycles. The Kier molecular flexibility index (Phi) is 7.77. The number of nitrogens with two attached hydrogens (primary N) is 1. The van der Waals surface area contributed by atoms with Gasteiger partial charge in [0.2, 0.25) is 0 Å². The Morgan fingerprint density at radius 2 is 2.50 bits per heavy atom. The quantitative estimate of drug-likeness (QED) is 0.219. The first-order valence-electron chi connectivity index (χ1n) is 4.54. The van der Waals surface area contributed by atoms with Crippen molar-refractivity contribution in [3.8, 4) is 0 Å². The van der Waals surface area contributed by atoms with E-state index in [1.54, 1.807) is 0 Å². The van der Waals surface area contributed by atoms with Crippen molar-refractivity contribution in [2.45, 2.75) is 25.8 Å². The summed E-state index contributed by atoms with van der Waals surface area (Å²) >= 11 is 0. The van der Waals surface area contributed by atoms with Crippen LogP contribution in [-0.2, 0) is 9.63 Å². The van der Waals surface area contributed by atoms with E-state index in [0.717, 1.165) is 0 Å². The molecule has 0 aromatic heterocycles. The fourth-order valence-electron chi connectivity index (χ4n) is 0.814. The van der Waals surface area contributed by atoms with E-state index < -0.39 is 12.0 Å². The second kappa shape index (κ2) is 8.46. The average molecular weight is 203 g/mol. The molecule has 4 N–H and O–H groups in total. The molecule has 6 heteroatoms. The van der Waals surface area contributed by atoms with Gasteiger partial charge >= 0.3 is 5.97 Å². The summed E-state index contributed by atoms with van der Waals surface area (Å²) in [4.78, 5) is 19.2. The van der Waals surface area contributed by atoms with Gasteiger partial charge < -0.3 is 10.8 Å². The van der Waals surface area contributed by atoms with E-state index in [4.69, 9.17) is 15.7 Å². The second-order valence-electron chi connectivity index (χ2n) is 2.61. The Hall–Kier alpha value is -1.14. The summed E-state index contributed by atoms with van der Waals surface area (Å²) in [7, 11) is 0. The molecule has 0 aliphatic rings. The first-order valence-corrected chi connectivity index (χ1v) is 4.54. The predicted octanol–water partition coefficient (Wildman–Crippen LogP) is -0.252. The van der Waals surface area contributed by atoms with Crippen LogP contribution in [0.1, 0.15) is 19.8 Å². The number of carbonyl (C=O) groups is 1. The number of aliphatic imine (C=N–C) groups is 1. The van der Waals surface area contributed by atoms with E-state index in [1.807, 2.05) is 6.92 Å². The third-order valence-electron chi connectivity index (χ3n) is 1.50. The van der Waals surface area contributed by atoms with Gasteiger partial charge in [-0.15, -0.1) is 0 Å². The average Bonchev–Trinajstić information content (AvgIpc) is 2.16. The third kappa shape index (κ3) is 6.38. The first-order chi connectivity index (χ1) is 6.72. The highest BCUT2D eigenvalue weighted by Gasteiger charge is 2.13. The fraction of sp³-hybridized carbons (Fsp3) is 0.750. The lowest BCUT2D eigenvalue weighted by molar-refractivity contribution is -0.138. The number of nitrogens with one attached hydrogen (secondary N) is 1. The van der Waals surface area contributed by atoms with Gasteiger partial charge in [-0.2, -0.15) is 0 Å². The van der Waals surface area contributed by atoms with Crippen LogP contribution >= 0.6 is 0 Å². The van der Waals surface area contributed by atoms with Crippen molar-refractivity contribution in [3.05, 3.63) is 0 Å². The van der Waals surface area contributed by atoms with E-state index in [2.05, 4.69) is 10.5 Å². The normalized spacial score (nSPS) is 13.0. The number of hydrogen-bond acceptors (Lipinski definition) is 4. The summed E-state index contributed by atoms with van der Waals surface area (Å²) in [6.45, 7) is 2.77. The molecule has 1 atom stereocenters. The topological polar surface area (TPSA) is 96.9 Å². The zero-order valence-electron chi connectivity index (χ0n) is 8.27. The lowest BCUT2D eigenvalue weighted by atomic mass is 10.2. The zero-order valence-corrected chi connectivity index (χ0v) is 8.27. The largest absolute Gasteiger partial charge is 0.480 e. The highest BCUT2D eigenvalue weighted by atomic mass is 16.6. The van der Waals surface area contributed by atoms with Crippen molar-refractivity contribution in [1.29, 1.82) is 0 Å². The van der Waals surface area contributed by atoms with Crippen LogP contribution in [0.25, 0.3) is 0 Å². The Labute approximate surface area is 83.1 Å². The van der Waals surface area contributed by atoms with Crippen molar-refractivity contribution >= 4 is 12.3 Å². The Bertz CT molecular complexity index is 185. The maximum absolute atomic E-state index is 10.6. The molecular weight excluding hydrogens is 186 g/mol. The van der Waals surface area contributed by atoms with Gasteiger partial charge in [-0.25, -0.2) is 4.79 Å². The minimum Gasteiger partial charge on any atom is -0.480 e. The summed E-state index contributed by atoms with van der Waals surface area (Å²) in [6.07, 6.45) is 2.33. The Balaban J connectivity index is 3.83. The van der Waals surface area contributed by atoms with E-state index in [9.17, 15) is 4.79 Å². The molecule has 0 unspecified atom stereocenters. The van der Waals surface area contributed by atoms with Crippen molar-refractivity contribution in [1.82, 2.24) is 5.48 Å². The highest BCUT2D eigenvalue weighted by Crippen LogP contribution is 2.00. The molecule has 0 aliphatic heterocycles. The van der Waals surface area contributed by atoms with Gasteiger partial charge in [0.25, 0.3) is 0 Å². The minimum atomic E-state index is -0.951. The monoisotopic (exact) mass is 203 g/mol. The van der Waals surface area contributed by atoms with Crippen LogP contribution in [0.4, 0.5) is 0 Å². The van der Waals surface area contributed by atoms with Gasteiger partial charge in [0, 0.05) is 0 Å². The highest BCUT2D eigenvalue weighted by molar-refractivity contribution is 5.75. The number of hydrogen-bond donors (Lipinski definition) is 3. The number of carboxylic acid groups (broad SMARTS) is 1. The molecule has 6 nitrogen and oxygen atoms in total. The van der Waals surface area contributed by atoms with Crippen LogP contribution < -0.4 is 11.2 Å². The molecule has 0 amide bonds. The Morgan fingerprint density at radius 1 is 1.79 bits per heavy atom. The summed E-state index contributed by atoms with van der Waals surface area (Å²) in [5.41, 5.74) is 7.68. The lowest BCUT2D eigenvalue weighted by Gasteiger charge is -2.05. The van der Waals surface area contributed by atoms with Crippen LogP contribution in [-0.4, -0.2) is 36.6 Å². The minimum absolute atomic E-state index is 0.441. The standard InChI is InChI=1S/C8H17N3O3/c1-2-14-11-6-10-7(8(12)13)4-3-5-9/h6-7H,2-5,9H2,1H3,(H,10,11)(H,12,13)/t7-/m0/s1. The van der Waals surface area contributed by atoms with Crippen molar-refractivity contribution in [3.63, 3.8) is 0 Å². The van der Waals surface area contributed by atoms with Crippen LogP contribution in [0, 0.1) is 0 Å². The van der Waals surface area contributed by atoms with Gasteiger partial charge in [-0.3, -0.25) is 15.3 Å². The van der Waals surface area contributed by atoms with E-state index >= 15 is 0 Å². The van der Waals surface area contributed by atoms with Crippen molar-refractivity contribution in [2.24, 2.45) is 10.7 Å². The molecule has 0 heterocycles. The van der Waals surface area contributed by atoms with Crippen molar-refractivity contribution in [2.75, 3.05) is 13.2 Å². The maximum atomic E-state index is 10.6. The smallest absolute Gasteiger partial charge is 0.328 e. The lowest BCUT2D eigenvalue weighted by Crippen LogP contribution is -2.22. The molecule has 82 valence electrons. The number of hydroxylamine groups is 1. The number of aliphatic carboxylic acids is 1. The molecule has 0 bridgehead atoms. The zero-order chi connectivity index (χ0) is 10.8. The molecule has 0 saturated carbocycles. The predicted molar refractivity (Wildman–Crippen MR) is 53.0 cm³/mol. The van der Waals surface area contributed by atoms with Crippen LogP contribution in [0.15, 0.2) is 4.99 Å². The van der Waals surface area contributed by atoms with Gasteiger partial charge in [0.1, 0.15) is 12.4 Å². The maximum Gasteiger partial charge on any atom is 0.328 e. The molecule has 0 fully saturated rings. The van der Waals surface area contributed by atoms with Crippen molar-refractivity contribution < 1.29 is 14.7 Å². The van der Waals surface area contributed by atoms with Gasteiger partial charge in [0.05, 0.1) is 6.61 Å². The Morgan fingerprint density at radius 3 is 3.00 bits per heavy atom. The van der Waals surface area contributed by atoms with Crippen LogP contribution in [0.2, 0.25) is 0 Å². The molecule has 0 aromatic rings. The van der Waals surface area contributed by atoms with Crippen LogP contribution in [0.3, 0.4) is 0 Å². The van der Waals surface area contributed by atoms with Crippen LogP contribution in [0.5, 0.6) is 0 Å². The van der Waals surface area contributed by atoms with Gasteiger partial charge in [0.15, 0.2) is 0 Å². The summed E-state index contributed by atoms with van der Waals surface area (Å²) in [6, 6.07) is -0.744. The summed E-state index contributed by atoms with van der Waals surface area (Å²) in [5.74, 6) is -0.951. The molecule has 0 radical (unpaired) electrons. The molecular formula is C8H17N3O3. The molecule has 0 saturated heterocycles. The third-order valence-corrected chi connectivity index (χ3v) is 1.50. The number of carboxylic acids is 1.